The van der Waals surface area contributed by atoms with Crippen molar-refractivity contribution in [1.82, 2.24) is 10.2 Å². The van der Waals surface area contributed by atoms with Crippen molar-refractivity contribution in [1.29, 1.82) is 0 Å². The zero-order chi connectivity index (χ0) is 19.5. The van der Waals surface area contributed by atoms with Crippen molar-refractivity contribution in [2.75, 3.05) is 33.3 Å². The molecule has 1 aliphatic rings. The molecular formula is C22H36N2O2. The minimum absolute atomic E-state index is 0.0132. The van der Waals surface area contributed by atoms with E-state index in [9.17, 15) is 4.79 Å². The monoisotopic (exact) mass is 360 g/mol. The summed E-state index contributed by atoms with van der Waals surface area (Å²) in [7, 11) is 1.64. The second-order valence-corrected chi connectivity index (χ2v) is 9.40. The highest BCUT2D eigenvalue weighted by atomic mass is 16.5. The summed E-state index contributed by atoms with van der Waals surface area (Å²) < 4.78 is 5.58. The van der Waals surface area contributed by atoms with Crippen LogP contribution in [-0.4, -0.2) is 44.1 Å². The molecule has 0 aliphatic carbocycles. The summed E-state index contributed by atoms with van der Waals surface area (Å²) in [6, 6.07) is 4.08. The summed E-state index contributed by atoms with van der Waals surface area (Å²) in [5.74, 6) is 0.605. The van der Waals surface area contributed by atoms with Crippen LogP contribution in [0.2, 0.25) is 0 Å². The van der Waals surface area contributed by atoms with E-state index < -0.39 is 0 Å². The van der Waals surface area contributed by atoms with Gasteiger partial charge in [-0.3, -0.25) is 4.79 Å². The predicted molar refractivity (Wildman–Crippen MR) is 108 cm³/mol. The highest BCUT2D eigenvalue weighted by Gasteiger charge is 2.28. The van der Waals surface area contributed by atoms with Crippen LogP contribution in [0.3, 0.4) is 0 Å². The number of ether oxygens (including phenoxy) is 1. The average molecular weight is 361 g/mol. The molecule has 1 saturated heterocycles. The Kier molecular flexibility index (Phi) is 6.38. The number of benzene rings is 1. The fraction of sp³-hybridized carbons (Fsp3) is 0.682. The minimum Gasteiger partial charge on any atom is -0.496 e. The lowest BCUT2D eigenvalue weighted by Crippen LogP contribution is -2.34. The molecule has 1 aliphatic heterocycles. The Hall–Kier alpha value is -1.55. The van der Waals surface area contributed by atoms with Crippen molar-refractivity contribution in [2.45, 2.75) is 65.2 Å². The lowest BCUT2D eigenvalue weighted by atomic mass is 9.74. The Morgan fingerprint density at radius 1 is 1.04 bits per heavy atom. The number of hydrogen-bond acceptors (Lipinski definition) is 3. The molecule has 4 nitrogen and oxygen atoms in total. The molecule has 0 spiro atoms. The Labute approximate surface area is 159 Å². The van der Waals surface area contributed by atoms with Crippen molar-refractivity contribution in [2.24, 2.45) is 0 Å². The molecule has 1 aromatic carbocycles. The lowest BCUT2D eigenvalue weighted by Gasteiger charge is -2.31. The molecule has 1 amide bonds. The second-order valence-electron chi connectivity index (χ2n) is 9.40. The smallest absolute Gasteiger partial charge is 0.255 e. The topological polar surface area (TPSA) is 41.6 Å². The molecule has 0 bridgehead atoms. The number of amides is 1. The Bertz CT molecular complexity index is 633. The van der Waals surface area contributed by atoms with Gasteiger partial charge in [0.2, 0.25) is 0 Å². The van der Waals surface area contributed by atoms with E-state index >= 15 is 0 Å². The van der Waals surface area contributed by atoms with Gasteiger partial charge in [-0.2, -0.15) is 0 Å². The predicted octanol–water partition coefficient (Wildman–Crippen LogP) is 4.12. The maximum atomic E-state index is 12.8. The zero-order valence-electron chi connectivity index (χ0n) is 17.7. The van der Waals surface area contributed by atoms with Gasteiger partial charge in [-0.05, 0) is 60.0 Å². The lowest BCUT2D eigenvalue weighted by molar-refractivity contribution is 0.0946. The molecule has 1 fully saturated rings. The number of carbonyl (C=O) groups excluding carboxylic acids is 1. The maximum absolute atomic E-state index is 12.8. The van der Waals surface area contributed by atoms with E-state index in [0.29, 0.717) is 17.9 Å². The first-order chi connectivity index (χ1) is 12.0. The average Bonchev–Trinajstić information content (AvgIpc) is 3.05. The van der Waals surface area contributed by atoms with Gasteiger partial charge in [0.25, 0.3) is 5.91 Å². The van der Waals surface area contributed by atoms with Gasteiger partial charge in [-0.15, -0.1) is 0 Å². The third kappa shape index (κ3) is 5.00. The van der Waals surface area contributed by atoms with Crippen LogP contribution in [0.5, 0.6) is 5.75 Å². The first kappa shape index (κ1) is 20.8. The van der Waals surface area contributed by atoms with Gasteiger partial charge in [0, 0.05) is 13.1 Å². The molecule has 0 saturated carbocycles. The number of rotatable bonds is 5. The fourth-order valence-corrected chi connectivity index (χ4v) is 3.60. The number of hydrogen-bond donors (Lipinski definition) is 1. The summed E-state index contributed by atoms with van der Waals surface area (Å²) in [5.41, 5.74) is 3.01. The SMILES string of the molecule is COc1cc(C(C)(C)C)c(C(C)(C)C)cc1C(=O)NCCN1CCCC1. The van der Waals surface area contributed by atoms with Gasteiger partial charge in [0.1, 0.15) is 5.75 Å². The van der Waals surface area contributed by atoms with Crippen LogP contribution >= 0.6 is 0 Å². The van der Waals surface area contributed by atoms with Crippen LogP contribution in [0, 0.1) is 0 Å². The van der Waals surface area contributed by atoms with Gasteiger partial charge in [0.05, 0.1) is 12.7 Å². The molecule has 2 rings (SSSR count). The van der Waals surface area contributed by atoms with E-state index in [1.807, 2.05) is 6.07 Å². The molecule has 0 aromatic heterocycles. The van der Waals surface area contributed by atoms with E-state index in [-0.39, 0.29) is 16.7 Å². The van der Waals surface area contributed by atoms with E-state index in [1.165, 1.54) is 24.0 Å². The third-order valence-electron chi connectivity index (χ3n) is 5.11. The summed E-state index contributed by atoms with van der Waals surface area (Å²) in [6.45, 7) is 17.1. The Morgan fingerprint density at radius 3 is 2.08 bits per heavy atom. The number of nitrogens with zero attached hydrogens (tertiary/aromatic N) is 1. The van der Waals surface area contributed by atoms with E-state index in [0.717, 1.165) is 19.6 Å². The molecular weight excluding hydrogens is 324 g/mol. The maximum Gasteiger partial charge on any atom is 0.255 e. The highest BCUT2D eigenvalue weighted by Crippen LogP contribution is 2.38. The first-order valence-electron chi connectivity index (χ1n) is 9.77. The van der Waals surface area contributed by atoms with Crippen molar-refractivity contribution in [3.63, 3.8) is 0 Å². The summed E-state index contributed by atoms with van der Waals surface area (Å²) in [6.07, 6.45) is 2.54. The molecule has 1 heterocycles. The molecule has 4 heteroatoms. The quantitative estimate of drug-likeness (QED) is 0.859. The third-order valence-corrected chi connectivity index (χ3v) is 5.11. The zero-order valence-corrected chi connectivity index (χ0v) is 17.7. The van der Waals surface area contributed by atoms with Crippen LogP contribution in [0.25, 0.3) is 0 Å². The molecule has 146 valence electrons. The van der Waals surface area contributed by atoms with E-state index in [2.05, 4.69) is 57.8 Å². The number of likely N-dealkylation sites (tertiary alicyclic amines) is 1. The number of methoxy groups -OCH3 is 1. The van der Waals surface area contributed by atoms with Crippen LogP contribution in [0.15, 0.2) is 12.1 Å². The largest absolute Gasteiger partial charge is 0.496 e. The van der Waals surface area contributed by atoms with Gasteiger partial charge in [-0.1, -0.05) is 41.5 Å². The Balaban J connectivity index is 2.27. The van der Waals surface area contributed by atoms with Crippen molar-refractivity contribution in [3.8, 4) is 5.75 Å². The van der Waals surface area contributed by atoms with Crippen LogP contribution < -0.4 is 10.1 Å². The Morgan fingerprint density at radius 2 is 1.58 bits per heavy atom. The number of carbonyl (C=O) groups is 1. The molecule has 26 heavy (non-hydrogen) atoms. The fourth-order valence-electron chi connectivity index (χ4n) is 3.60. The number of nitrogens with one attached hydrogen (secondary N) is 1. The molecule has 0 radical (unpaired) electrons. The normalized spacial score (nSPS) is 16.0. The summed E-state index contributed by atoms with van der Waals surface area (Å²) >= 11 is 0. The minimum atomic E-state index is -0.0491. The molecule has 1 aromatic rings. The van der Waals surface area contributed by atoms with Crippen LogP contribution in [0.1, 0.15) is 75.9 Å². The van der Waals surface area contributed by atoms with Gasteiger partial charge >= 0.3 is 0 Å². The molecule has 0 atom stereocenters. The molecule has 1 N–H and O–H groups in total. The van der Waals surface area contributed by atoms with Crippen LogP contribution in [0.4, 0.5) is 0 Å². The highest BCUT2D eigenvalue weighted by molar-refractivity contribution is 5.97. The second kappa shape index (κ2) is 7.99. The van der Waals surface area contributed by atoms with Crippen molar-refractivity contribution >= 4 is 5.91 Å². The van der Waals surface area contributed by atoms with Gasteiger partial charge in [0.15, 0.2) is 0 Å². The van der Waals surface area contributed by atoms with Crippen LogP contribution in [-0.2, 0) is 10.8 Å². The molecule has 0 unspecified atom stereocenters. The van der Waals surface area contributed by atoms with Crippen molar-refractivity contribution < 1.29 is 9.53 Å². The van der Waals surface area contributed by atoms with Crippen molar-refractivity contribution in [3.05, 3.63) is 28.8 Å². The standard InChI is InChI=1S/C22H36N2O2/c1-21(2,3)17-14-16(19(26-7)15-18(17)22(4,5)6)20(25)23-10-13-24-11-8-9-12-24/h14-15H,8-13H2,1-7H3,(H,23,25). The van der Waals surface area contributed by atoms with Gasteiger partial charge in [-0.25, -0.2) is 0 Å². The van der Waals surface area contributed by atoms with E-state index in [1.54, 1.807) is 7.11 Å². The van der Waals surface area contributed by atoms with E-state index in [4.69, 9.17) is 4.74 Å². The first-order valence-corrected chi connectivity index (χ1v) is 9.77. The summed E-state index contributed by atoms with van der Waals surface area (Å²) in [4.78, 5) is 15.2. The summed E-state index contributed by atoms with van der Waals surface area (Å²) in [5, 5.41) is 3.08. The van der Waals surface area contributed by atoms with Gasteiger partial charge < -0.3 is 15.0 Å².